The van der Waals surface area contributed by atoms with Crippen LogP contribution in [0.3, 0.4) is 0 Å². The van der Waals surface area contributed by atoms with Crippen molar-refractivity contribution in [2.75, 3.05) is 7.11 Å². The minimum Gasteiger partial charge on any atom is -0.497 e. The highest BCUT2D eigenvalue weighted by molar-refractivity contribution is 8.29. The number of benzene rings is 1. The fraction of sp³-hybridized carbons (Fsp3) is 0.143. The van der Waals surface area contributed by atoms with Crippen LogP contribution < -0.4 is 10.9 Å². The molecule has 0 heterocycles. The Hall–Kier alpha value is -0.690. The first-order valence-electron chi connectivity index (χ1n) is 3.15. The molecule has 74 valence electrons. The van der Waals surface area contributed by atoms with E-state index in [0.717, 1.165) is 0 Å². The third-order valence-corrected chi connectivity index (χ3v) is 2.77. The molecule has 0 aliphatic heterocycles. The summed E-state index contributed by atoms with van der Waals surface area (Å²) in [6.07, 6.45) is 0. The molecule has 0 radical (unpaired) electrons. The van der Waals surface area contributed by atoms with Crippen LogP contribution in [-0.4, -0.2) is 15.9 Å². The lowest BCUT2D eigenvalue weighted by atomic mass is 10.3. The lowest BCUT2D eigenvalue weighted by Crippen LogP contribution is -1.96. The van der Waals surface area contributed by atoms with Crippen molar-refractivity contribution in [3.05, 3.63) is 24.3 Å². The summed E-state index contributed by atoms with van der Waals surface area (Å²) in [5, 5.41) is 0. The van der Waals surface area contributed by atoms with Gasteiger partial charge in [-0.25, -0.2) is 4.21 Å². The van der Waals surface area contributed by atoms with Gasteiger partial charge in [-0.2, -0.15) is 0 Å². The van der Waals surface area contributed by atoms with Crippen LogP contribution in [0.25, 0.3) is 0 Å². The smallest absolute Gasteiger partial charge is 0.171 e. The van der Waals surface area contributed by atoms with Gasteiger partial charge in [0.15, 0.2) is 8.77 Å². The van der Waals surface area contributed by atoms with Gasteiger partial charge >= 0.3 is 0 Å². The molecule has 0 saturated heterocycles. The van der Waals surface area contributed by atoms with E-state index in [9.17, 15) is 4.21 Å². The van der Waals surface area contributed by atoms with Crippen LogP contribution >= 0.6 is 0 Å². The quantitative estimate of drug-likeness (QED) is 0.789. The average Bonchev–Trinajstić information content (AvgIpc) is 2.03. The first kappa shape index (κ1) is 12.3. The van der Waals surface area contributed by atoms with Crippen LogP contribution in [0.5, 0.6) is 5.75 Å². The molecule has 6 heteroatoms. The molecule has 1 aromatic rings. The molecule has 1 rings (SSSR count). The van der Waals surface area contributed by atoms with Crippen LogP contribution in [0.1, 0.15) is 0 Å². The van der Waals surface area contributed by atoms with Crippen molar-refractivity contribution < 1.29 is 13.5 Å². The van der Waals surface area contributed by atoms with Crippen molar-refractivity contribution in [3.63, 3.8) is 0 Å². The Balaban J connectivity index is 0.00000144. The first-order chi connectivity index (χ1) is 5.54. The van der Waals surface area contributed by atoms with E-state index in [0.29, 0.717) is 5.75 Å². The summed E-state index contributed by atoms with van der Waals surface area (Å²) in [4.78, 5) is 0.205. The van der Waals surface area contributed by atoms with E-state index in [1.807, 2.05) is 0 Å². The zero-order chi connectivity index (χ0) is 9.19. The molecule has 1 atom stereocenters. The Bertz CT molecular complexity index is 375. The van der Waals surface area contributed by atoms with E-state index in [-0.39, 0.29) is 11.0 Å². The molecule has 1 unspecified atom stereocenters. The van der Waals surface area contributed by atoms with Crippen molar-refractivity contribution in [1.29, 1.82) is 0 Å². The van der Waals surface area contributed by atoms with E-state index in [2.05, 4.69) is 11.2 Å². The van der Waals surface area contributed by atoms with Gasteiger partial charge in [-0.1, -0.05) is 6.07 Å². The van der Waals surface area contributed by atoms with Gasteiger partial charge in [0.2, 0.25) is 0 Å². The summed E-state index contributed by atoms with van der Waals surface area (Å²) >= 11 is 4.39. The molecule has 0 spiro atoms. The van der Waals surface area contributed by atoms with Gasteiger partial charge in [-0.05, 0) is 18.2 Å². The second-order valence-corrected chi connectivity index (χ2v) is 4.93. The van der Waals surface area contributed by atoms with Gasteiger partial charge < -0.3 is 15.4 Å². The van der Waals surface area contributed by atoms with Gasteiger partial charge in [-0.15, -0.1) is 0 Å². The van der Waals surface area contributed by atoms with E-state index < -0.39 is 8.77 Å². The summed E-state index contributed by atoms with van der Waals surface area (Å²) < 4.78 is 24.8. The largest absolute Gasteiger partial charge is 0.497 e. The molecule has 0 aromatic heterocycles. The Morgan fingerprint density at radius 2 is 2.15 bits per heavy atom. The van der Waals surface area contributed by atoms with Crippen LogP contribution in [-0.2, 0) is 20.0 Å². The van der Waals surface area contributed by atoms with Crippen LogP contribution in [0.15, 0.2) is 29.2 Å². The molecule has 4 N–H and O–H groups in total. The monoisotopic (exact) mass is 221 g/mol. The topological polar surface area (TPSA) is 81.5 Å². The average molecular weight is 221 g/mol. The highest BCUT2D eigenvalue weighted by Crippen LogP contribution is 2.16. The van der Waals surface area contributed by atoms with Gasteiger partial charge in [-0.3, -0.25) is 0 Å². The zero-order valence-electron chi connectivity index (χ0n) is 7.10. The Kier molecular flexibility index (Phi) is 4.28. The van der Waals surface area contributed by atoms with E-state index in [1.54, 1.807) is 12.1 Å². The third-order valence-electron chi connectivity index (χ3n) is 1.34. The Morgan fingerprint density at radius 3 is 2.62 bits per heavy atom. The molecule has 13 heavy (non-hydrogen) atoms. The maximum Gasteiger partial charge on any atom is 0.171 e. The van der Waals surface area contributed by atoms with Crippen molar-refractivity contribution in [3.8, 4) is 5.75 Å². The molecule has 0 saturated carbocycles. The van der Waals surface area contributed by atoms with E-state index in [1.165, 1.54) is 19.2 Å². The highest BCUT2D eigenvalue weighted by Gasteiger charge is 2.05. The van der Waals surface area contributed by atoms with E-state index in [4.69, 9.17) is 9.29 Å². The second-order valence-electron chi connectivity index (χ2n) is 2.15. The van der Waals surface area contributed by atoms with Crippen molar-refractivity contribution in [2.45, 2.75) is 4.90 Å². The summed E-state index contributed by atoms with van der Waals surface area (Å²) in [7, 11) is -1.79. The number of rotatable bonds is 2. The summed E-state index contributed by atoms with van der Waals surface area (Å²) in [6, 6.07) is 6.26. The van der Waals surface area contributed by atoms with Crippen molar-refractivity contribution in [1.82, 2.24) is 6.15 Å². The molecular formula is C7H11NO3S2. The minimum absolute atomic E-state index is 0. The lowest BCUT2D eigenvalue weighted by molar-refractivity contribution is 0.413. The third kappa shape index (κ3) is 3.27. The predicted octanol–water partition coefficient (Wildman–Crippen LogP) is 1.44. The van der Waals surface area contributed by atoms with Gasteiger partial charge in [0.1, 0.15) is 5.75 Å². The fourth-order valence-electron chi connectivity index (χ4n) is 0.762. The second kappa shape index (κ2) is 4.52. The first-order valence-corrected chi connectivity index (χ1v) is 5.59. The number of hydrogen-bond acceptors (Lipinski definition) is 4. The highest BCUT2D eigenvalue weighted by atomic mass is 32.8. The normalized spacial score (nSPS) is 14.0. The fourth-order valence-corrected chi connectivity index (χ4v) is 1.59. The van der Waals surface area contributed by atoms with Crippen molar-refractivity contribution in [2.24, 2.45) is 0 Å². The molecule has 1 aromatic carbocycles. The maximum absolute atomic E-state index is 11.0. The van der Waals surface area contributed by atoms with Gasteiger partial charge in [0, 0.05) is 11.2 Å². The van der Waals surface area contributed by atoms with Crippen molar-refractivity contribution >= 4 is 20.0 Å². The summed E-state index contributed by atoms with van der Waals surface area (Å²) in [6.45, 7) is 0. The van der Waals surface area contributed by atoms with Gasteiger partial charge in [0.05, 0.1) is 12.0 Å². The van der Waals surface area contributed by atoms with E-state index >= 15 is 0 Å². The van der Waals surface area contributed by atoms with Crippen LogP contribution in [0, 0.1) is 0 Å². The minimum atomic E-state index is -3.28. The molecule has 4 nitrogen and oxygen atoms in total. The zero-order valence-corrected chi connectivity index (χ0v) is 8.73. The number of methoxy groups -OCH3 is 1. The molecule has 0 amide bonds. The predicted molar refractivity (Wildman–Crippen MR) is 54.4 cm³/mol. The summed E-state index contributed by atoms with van der Waals surface area (Å²) in [5.74, 6) is 0.527. The standard InChI is InChI=1S/C7H8O3S2.H3N/c1-10-6-3-2-4-7(5-6)12(8,9)11;/h2-5H,1H3,(H,8,9,11);1H3. The molecule has 0 aliphatic rings. The lowest BCUT2D eigenvalue weighted by Gasteiger charge is -2.02. The number of hydrogen-bond donors (Lipinski definition) is 2. The van der Waals surface area contributed by atoms with Gasteiger partial charge in [0.25, 0.3) is 0 Å². The Morgan fingerprint density at radius 1 is 1.54 bits per heavy atom. The Labute approximate surface area is 82.0 Å². The molecular weight excluding hydrogens is 210 g/mol. The molecule has 0 fully saturated rings. The number of ether oxygens (including phenoxy) is 1. The van der Waals surface area contributed by atoms with Crippen LogP contribution in [0.2, 0.25) is 0 Å². The summed E-state index contributed by atoms with van der Waals surface area (Å²) in [5.41, 5.74) is 0. The SMILES string of the molecule is COc1cccc(S(=O)(O)=S)c1.N. The maximum atomic E-state index is 11.0. The molecule has 0 bridgehead atoms. The molecule has 0 aliphatic carbocycles. The van der Waals surface area contributed by atoms with Crippen LogP contribution in [0.4, 0.5) is 0 Å².